The molecule has 2 amide bonds. The second-order valence-electron chi connectivity index (χ2n) is 7.60. The monoisotopic (exact) mass is 431 g/mol. The molecule has 7 heteroatoms. The maximum Gasteiger partial charge on any atom is 0.291 e. The number of thiazole rings is 1. The fourth-order valence-electron chi connectivity index (χ4n) is 3.91. The number of likely N-dealkylation sites (tertiary alicyclic amines) is 1. The maximum atomic E-state index is 13.0. The molecule has 0 radical (unpaired) electrons. The molecule has 0 spiro atoms. The number of carbonyl (C=O) groups excluding carboxylic acids is 2. The van der Waals surface area contributed by atoms with Gasteiger partial charge in [0, 0.05) is 30.3 Å². The van der Waals surface area contributed by atoms with Crippen molar-refractivity contribution >= 4 is 39.1 Å². The van der Waals surface area contributed by atoms with Crippen LogP contribution in [0.1, 0.15) is 44.7 Å². The first-order chi connectivity index (χ1) is 15.2. The average Bonchev–Trinajstić information content (AvgIpc) is 3.49. The highest BCUT2D eigenvalue weighted by molar-refractivity contribution is 7.18. The number of aromatic nitrogens is 1. The first kappa shape index (κ1) is 19.5. The third-order valence-electron chi connectivity index (χ3n) is 5.55. The normalized spacial score (nSPS) is 14.6. The number of nitrogens with zero attached hydrogens (tertiary/aromatic N) is 2. The maximum absolute atomic E-state index is 13.0. The van der Waals surface area contributed by atoms with Gasteiger partial charge in [0.05, 0.1) is 21.5 Å². The molecule has 1 aliphatic rings. The lowest BCUT2D eigenvalue weighted by Gasteiger charge is -2.31. The van der Waals surface area contributed by atoms with Crippen molar-refractivity contribution in [2.75, 3.05) is 18.4 Å². The highest BCUT2D eigenvalue weighted by Gasteiger charge is 2.26. The van der Waals surface area contributed by atoms with Crippen molar-refractivity contribution in [3.8, 4) is 0 Å². The minimum atomic E-state index is -0.341. The first-order valence-corrected chi connectivity index (χ1v) is 11.1. The first-order valence-electron chi connectivity index (χ1n) is 10.3. The Morgan fingerprint density at radius 3 is 2.65 bits per heavy atom. The molecule has 1 aliphatic heterocycles. The Labute approximate surface area is 183 Å². The zero-order valence-corrected chi connectivity index (χ0v) is 17.6. The van der Waals surface area contributed by atoms with Gasteiger partial charge in [-0.25, -0.2) is 4.98 Å². The van der Waals surface area contributed by atoms with E-state index in [1.807, 2.05) is 23.1 Å². The fraction of sp³-hybridized carbons (Fsp3) is 0.208. The van der Waals surface area contributed by atoms with Crippen molar-refractivity contribution in [2.24, 2.45) is 0 Å². The van der Waals surface area contributed by atoms with Crippen LogP contribution in [0.4, 0.5) is 5.69 Å². The quantitative estimate of drug-likeness (QED) is 0.484. The summed E-state index contributed by atoms with van der Waals surface area (Å²) in [4.78, 5) is 31.9. The number of nitrogens with one attached hydrogen (secondary N) is 1. The molecule has 156 valence electrons. The third kappa shape index (κ3) is 4.09. The second-order valence-corrected chi connectivity index (χ2v) is 8.66. The summed E-state index contributed by atoms with van der Waals surface area (Å²) in [7, 11) is 0. The number of amides is 2. The molecule has 0 atom stereocenters. The number of para-hydroxylation sites is 1. The summed E-state index contributed by atoms with van der Waals surface area (Å²) < 4.78 is 6.33. The predicted molar refractivity (Wildman–Crippen MR) is 121 cm³/mol. The third-order valence-corrected chi connectivity index (χ3v) is 6.75. The van der Waals surface area contributed by atoms with Crippen molar-refractivity contribution in [3.05, 3.63) is 83.3 Å². The summed E-state index contributed by atoms with van der Waals surface area (Å²) in [6.07, 6.45) is 3.26. The number of rotatable bonds is 4. The smallest absolute Gasteiger partial charge is 0.291 e. The van der Waals surface area contributed by atoms with Crippen molar-refractivity contribution in [2.45, 2.75) is 18.8 Å². The van der Waals surface area contributed by atoms with E-state index in [0.29, 0.717) is 30.3 Å². The van der Waals surface area contributed by atoms with E-state index in [-0.39, 0.29) is 17.6 Å². The standard InChI is InChI=1S/C24H21N3O3S/c28-22(20-8-4-14-30-20)25-18-6-3-5-17(15-18)24(29)27-12-10-16(11-13-27)23-26-19-7-1-2-9-21(19)31-23/h1-9,14-16H,10-13H2,(H,25,28). The Kier molecular flexibility index (Phi) is 5.26. The van der Waals surface area contributed by atoms with Crippen LogP contribution in [0.25, 0.3) is 10.2 Å². The van der Waals surface area contributed by atoms with Crippen LogP contribution >= 0.6 is 11.3 Å². The lowest BCUT2D eigenvalue weighted by Crippen LogP contribution is -2.37. The molecule has 0 aliphatic carbocycles. The van der Waals surface area contributed by atoms with Crippen LogP contribution in [0, 0.1) is 0 Å². The number of piperidine rings is 1. The van der Waals surface area contributed by atoms with Gasteiger partial charge in [0.2, 0.25) is 0 Å². The topological polar surface area (TPSA) is 75.4 Å². The molecule has 1 N–H and O–H groups in total. The number of fused-ring (bicyclic) bond motifs is 1. The molecule has 0 saturated carbocycles. The highest BCUT2D eigenvalue weighted by Crippen LogP contribution is 2.34. The van der Waals surface area contributed by atoms with E-state index < -0.39 is 0 Å². The summed E-state index contributed by atoms with van der Waals surface area (Å²) in [5.74, 6) is 0.261. The van der Waals surface area contributed by atoms with Gasteiger partial charge in [-0.2, -0.15) is 0 Å². The Hall–Kier alpha value is -3.45. The molecule has 4 aromatic rings. The van der Waals surface area contributed by atoms with Gasteiger partial charge in [0.1, 0.15) is 0 Å². The van der Waals surface area contributed by atoms with Gasteiger partial charge in [-0.3, -0.25) is 9.59 Å². The highest BCUT2D eigenvalue weighted by atomic mass is 32.1. The number of anilines is 1. The fourth-order valence-corrected chi connectivity index (χ4v) is 5.04. The predicted octanol–water partition coefficient (Wildman–Crippen LogP) is 5.16. The summed E-state index contributed by atoms with van der Waals surface area (Å²) in [5, 5.41) is 3.94. The van der Waals surface area contributed by atoms with E-state index in [1.54, 1.807) is 47.7 Å². The lowest BCUT2D eigenvalue weighted by atomic mass is 9.97. The van der Waals surface area contributed by atoms with E-state index in [9.17, 15) is 9.59 Å². The molecule has 31 heavy (non-hydrogen) atoms. The molecule has 0 unspecified atom stereocenters. The van der Waals surface area contributed by atoms with Gasteiger partial charge in [0.15, 0.2) is 5.76 Å². The van der Waals surface area contributed by atoms with E-state index in [0.717, 1.165) is 23.4 Å². The van der Waals surface area contributed by atoms with Crippen LogP contribution in [0.3, 0.4) is 0 Å². The van der Waals surface area contributed by atoms with Crippen molar-refractivity contribution in [1.29, 1.82) is 0 Å². The molecule has 2 aromatic carbocycles. The largest absolute Gasteiger partial charge is 0.459 e. The van der Waals surface area contributed by atoms with Crippen LogP contribution in [-0.2, 0) is 0 Å². The molecular weight excluding hydrogens is 410 g/mol. The Balaban J connectivity index is 1.23. The summed E-state index contributed by atoms with van der Waals surface area (Å²) >= 11 is 1.75. The van der Waals surface area contributed by atoms with Crippen LogP contribution < -0.4 is 5.32 Å². The SMILES string of the molecule is O=C(Nc1cccc(C(=O)N2CCC(c3nc4ccccc4s3)CC2)c1)c1ccco1. The van der Waals surface area contributed by atoms with E-state index in [1.165, 1.54) is 11.0 Å². The van der Waals surface area contributed by atoms with Crippen LogP contribution in [0.2, 0.25) is 0 Å². The van der Waals surface area contributed by atoms with Crippen LogP contribution in [0.15, 0.2) is 71.3 Å². The summed E-state index contributed by atoms with van der Waals surface area (Å²) in [5.41, 5.74) is 2.18. The van der Waals surface area contributed by atoms with Crippen molar-refractivity contribution in [3.63, 3.8) is 0 Å². The van der Waals surface area contributed by atoms with E-state index in [4.69, 9.17) is 9.40 Å². The molecule has 2 aromatic heterocycles. The van der Waals surface area contributed by atoms with Gasteiger partial charge in [-0.05, 0) is 55.3 Å². The zero-order chi connectivity index (χ0) is 21.2. The average molecular weight is 432 g/mol. The van der Waals surface area contributed by atoms with Crippen molar-refractivity contribution in [1.82, 2.24) is 9.88 Å². The summed E-state index contributed by atoms with van der Waals surface area (Å²) in [6, 6.07) is 18.5. The van der Waals surface area contributed by atoms with Gasteiger partial charge < -0.3 is 14.6 Å². The molecule has 0 bridgehead atoms. The molecule has 6 nitrogen and oxygen atoms in total. The number of benzene rings is 2. The van der Waals surface area contributed by atoms with Crippen molar-refractivity contribution < 1.29 is 14.0 Å². The van der Waals surface area contributed by atoms with Gasteiger partial charge in [-0.1, -0.05) is 18.2 Å². The van der Waals surface area contributed by atoms with Gasteiger partial charge >= 0.3 is 0 Å². The Morgan fingerprint density at radius 1 is 1.03 bits per heavy atom. The van der Waals surface area contributed by atoms with E-state index in [2.05, 4.69) is 11.4 Å². The number of hydrogen-bond acceptors (Lipinski definition) is 5. The number of carbonyl (C=O) groups is 2. The number of hydrogen-bond donors (Lipinski definition) is 1. The Morgan fingerprint density at radius 2 is 1.87 bits per heavy atom. The summed E-state index contributed by atoms with van der Waals surface area (Å²) in [6.45, 7) is 1.39. The number of furan rings is 1. The molecule has 1 fully saturated rings. The molecule has 1 saturated heterocycles. The molecule has 3 heterocycles. The van der Waals surface area contributed by atoms with Crippen LogP contribution in [-0.4, -0.2) is 34.8 Å². The van der Waals surface area contributed by atoms with Crippen LogP contribution in [0.5, 0.6) is 0 Å². The molecular formula is C24H21N3O3S. The minimum absolute atomic E-state index is 0.0168. The zero-order valence-electron chi connectivity index (χ0n) is 16.8. The second kappa shape index (κ2) is 8.35. The van der Waals surface area contributed by atoms with E-state index >= 15 is 0 Å². The Bertz CT molecular complexity index is 1190. The molecule has 5 rings (SSSR count). The lowest BCUT2D eigenvalue weighted by molar-refractivity contribution is 0.0712. The van der Waals surface area contributed by atoms with Gasteiger partial charge in [-0.15, -0.1) is 11.3 Å². The van der Waals surface area contributed by atoms with Gasteiger partial charge in [0.25, 0.3) is 11.8 Å². The minimum Gasteiger partial charge on any atom is -0.459 e.